The number of benzene rings is 1. The molecule has 25 heavy (non-hydrogen) atoms. The summed E-state index contributed by atoms with van der Waals surface area (Å²) in [5, 5.41) is 6.09. The van der Waals surface area contributed by atoms with Gasteiger partial charge in [-0.3, -0.25) is 9.59 Å². The van der Waals surface area contributed by atoms with E-state index in [1.165, 1.54) is 19.3 Å². The van der Waals surface area contributed by atoms with Gasteiger partial charge in [0.25, 0.3) is 0 Å². The molecule has 1 aromatic rings. The van der Waals surface area contributed by atoms with E-state index in [1.54, 1.807) is 7.11 Å². The number of hydrogen-bond donors (Lipinski definition) is 2. The number of ether oxygens (including phenoxy) is 1. The van der Waals surface area contributed by atoms with Crippen molar-refractivity contribution in [3.63, 3.8) is 0 Å². The molecule has 0 heterocycles. The van der Waals surface area contributed by atoms with E-state index in [9.17, 15) is 9.59 Å². The van der Waals surface area contributed by atoms with Crippen molar-refractivity contribution in [3.05, 3.63) is 29.8 Å². The molecule has 1 aromatic carbocycles. The van der Waals surface area contributed by atoms with Gasteiger partial charge in [0.1, 0.15) is 5.75 Å². The van der Waals surface area contributed by atoms with Gasteiger partial charge in [0.2, 0.25) is 11.8 Å². The molecule has 0 saturated heterocycles. The fourth-order valence-electron chi connectivity index (χ4n) is 3.62. The fourth-order valence-corrected chi connectivity index (χ4v) is 3.62. The summed E-state index contributed by atoms with van der Waals surface area (Å²) in [6.07, 6.45) is 7.27. The van der Waals surface area contributed by atoms with Gasteiger partial charge in [-0.15, -0.1) is 0 Å². The van der Waals surface area contributed by atoms with Gasteiger partial charge in [-0.05, 0) is 43.4 Å². The molecular formula is C20H28N2O3. The van der Waals surface area contributed by atoms with Gasteiger partial charge in [-0.1, -0.05) is 31.4 Å². The van der Waals surface area contributed by atoms with Crippen LogP contribution < -0.4 is 15.4 Å². The summed E-state index contributed by atoms with van der Waals surface area (Å²) < 4.78 is 5.20. The first-order valence-corrected chi connectivity index (χ1v) is 9.38. The quantitative estimate of drug-likeness (QED) is 0.798. The Kier molecular flexibility index (Phi) is 5.95. The molecule has 5 nitrogen and oxygen atoms in total. The zero-order valence-electron chi connectivity index (χ0n) is 14.9. The number of rotatable bonds is 7. The summed E-state index contributed by atoms with van der Waals surface area (Å²) in [4.78, 5) is 24.5. The highest BCUT2D eigenvalue weighted by atomic mass is 16.5. The second-order valence-electron chi connectivity index (χ2n) is 7.18. The molecule has 0 radical (unpaired) electrons. The minimum absolute atomic E-state index is 0.00619. The van der Waals surface area contributed by atoms with E-state index in [4.69, 9.17) is 4.74 Å². The standard InChI is InChI=1S/C20H28N2O3/c1-25-16-9-5-6-14(12-16)10-11-21-19(23)17-13-18(17)20(24)22-15-7-3-2-4-8-15/h5-6,9,12,15,17-18H,2-4,7-8,10-11,13H2,1H3,(H,21,23)(H,22,24). The highest BCUT2D eigenvalue weighted by Crippen LogP contribution is 2.39. The van der Waals surface area contributed by atoms with Crippen LogP contribution in [0.2, 0.25) is 0 Å². The zero-order valence-corrected chi connectivity index (χ0v) is 14.9. The average molecular weight is 344 g/mol. The van der Waals surface area contributed by atoms with Gasteiger partial charge < -0.3 is 15.4 Å². The second kappa shape index (κ2) is 8.37. The molecule has 2 aliphatic rings. The van der Waals surface area contributed by atoms with E-state index >= 15 is 0 Å². The number of carbonyl (C=O) groups excluding carboxylic acids is 2. The lowest BCUT2D eigenvalue weighted by Crippen LogP contribution is -2.38. The predicted octanol–water partition coefficient (Wildman–Crippen LogP) is 2.44. The molecule has 2 saturated carbocycles. The van der Waals surface area contributed by atoms with Gasteiger partial charge >= 0.3 is 0 Å². The van der Waals surface area contributed by atoms with Crippen LogP contribution in [0.3, 0.4) is 0 Å². The maximum atomic E-state index is 12.2. The first kappa shape index (κ1) is 17.8. The Hall–Kier alpha value is -2.04. The Morgan fingerprint density at radius 2 is 1.88 bits per heavy atom. The molecule has 2 aliphatic carbocycles. The number of carbonyl (C=O) groups is 2. The molecule has 2 atom stereocenters. The number of methoxy groups -OCH3 is 1. The number of nitrogens with one attached hydrogen (secondary N) is 2. The van der Waals surface area contributed by atoms with Crippen LogP contribution in [0.25, 0.3) is 0 Å². The molecule has 0 aromatic heterocycles. The van der Waals surface area contributed by atoms with E-state index in [1.807, 2.05) is 24.3 Å². The van der Waals surface area contributed by atoms with Crippen molar-refractivity contribution < 1.29 is 14.3 Å². The van der Waals surface area contributed by atoms with Gasteiger partial charge in [-0.2, -0.15) is 0 Å². The molecular weight excluding hydrogens is 316 g/mol. The lowest BCUT2D eigenvalue weighted by molar-refractivity contribution is -0.127. The third kappa shape index (κ3) is 4.97. The van der Waals surface area contributed by atoms with Gasteiger partial charge in [-0.25, -0.2) is 0 Å². The maximum Gasteiger partial charge on any atom is 0.224 e. The SMILES string of the molecule is COc1cccc(CCNC(=O)C2CC2C(=O)NC2CCCCC2)c1. The van der Waals surface area contributed by atoms with Crippen LogP contribution >= 0.6 is 0 Å². The normalized spacial score (nSPS) is 22.9. The molecule has 2 fully saturated rings. The lowest BCUT2D eigenvalue weighted by atomic mass is 9.95. The summed E-state index contributed by atoms with van der Waals surface area (Å²) in [6, 6.07) is 8.17. The van der Waals surface area contributed by atoms with Crippen LogP contribution in [0, 0.1) is 11.8 Å². The maximum absolute atomic E-state index is 12.2. The van der Waals surface area contributed by atoms with Crippen LogP contribution in [-0.4, -0.2) is 31.5 Å². The molecule has 2 unspecified atom stereocenters. The van der Waals surface area contributed by atoms with Crippen LogP contribution in [0.15, 0.2) is 24.3 Å². The molecule has 5 heteroatoms. The highest BCUT2D eigenvalue weighted by Gasteiger charge is 2.48. The lowest BCUT2D eigenvalue weighted by Gasteiger charge is -2.22. The molecule has 136 valence electrons. The molecule has 2 N–H and O–H groups in total. The van der Waals surface area contributed by atoms with Crippen molar-refractivity contribution in [2.24, 2.45) is 11.8 Å². The van der Waals surface area contributed by atoms with Crippen LogP contribution in [0.5, 0.6) is 5.75 Å². The van der Waals surface area contributed by atoms with Gasteiger partial charge in [0, 0.05) is 12.6 Å². The highest BCUT2D eigenvalue weighted by molar-refractivity contribution is 5.92. The van der Waals surface area contributed by atoms with Crippen molar-refractivity contribution >= 4 is 11.8 Å². The molecule has 2 amide bonds. The smallest absolute Gasteiger partial charge is 0.224 e. The minimum Gasteiger partial charge on any atom is -0.497 e. The van der Waals surface area contributed by atoms with E-state index < -0.39 is 0 Å². The van der Waals surface area contributed by atoms with E-state index in [2.05, 4.69) is 10.6 Å². The Morgan fingerprint density at radius 1 is 1.12 bits per heavy atom. The summed E-state index contributed by atoms with van der Waals surface area (Å²) >= 11 is 0. The van der Waals surface area contributed by atoms with E-state index in [-0.39, 0.29) is 23.7 Å². The van der Waals surface area contributed by atoms with Crippen molar-refractivity contribution in [1.29, 1.82) is 0 Å². The van der Waals surface area contributed by atoms with Crippen molar-refractivity contribution in [2.75, 3.05) is 13.7 Å². The summed E-state index contributed by atoms with van der Waals surface area (Å²) in [6.45, 7) is 0.583. The summed E-state index contributed by atoms with van der Waals surface area (Å²) in [5.41, 5.74) is 1.13. The third-order valence-corrected chi connectivity index (χ3v) is 5.26. The Balaban J connectivity index is 1.37. The first-order chi connectivity index (χ1) is 12.2. The number of amides is 2. The second-order valence-corrected chi connectivity index (χ2v) is 7.18. The fraction of sp³-hybridized carbons (Fsp3) is 0.600. The van der Waals surface area contributed by atoms with Crippen LogP contribution in [0.1, 0.15) is 44.1 Å². The predicted molar refractivity (Wildman–Crippen MR) is 96.3 cm³/mol. The van der Waals surface area contributed by atoms with Crippen molar-refractivity contribution in [3.8, 4) is 5.75 Å². The summed E-state index contributed by atoms with van der Waals surface area (Å²) in [7, 11) is 1.65. The van der Waals surface area contributed by atoms with E-state index in [0.29, 0.717) is 19.0 Å². The zero-order chi connectivity index (χ0) is 17.6. The van der Waals surface area contributed by atoms with Crippen LogP contribution in [-0.2, 0) is 16.0 Å². The molecule has 0 aliphatic heterocycles. The molecule has 0 bridgehead atoms. The first-order valence-electron chi connectivity index (χ1n) is 9.38. The van der Waals surface area contributed by atoms with Crippen molar-refractivity contribution in [2.45, 2.75) is 51.0 Å². The minimum atomic E-state index is -0.145. The van der Waals surface area contributed by atoms with Crippen molar-refractivity contribution in [1.82, 2.24) is 10.6 Å². The largest absolute Gasteiger partial charge is 0.497 e. The van der Waals surface area contributed by atoms with Gasteiger partial charge in [0.15, 0.2) is 0 Å². The number of hydrogen-bond acceptors (Lipinski definition) is 3. The molecule has 0 spiro atoms. The Morgan fingerprint density at radius 3 is 2.64 bits per heavy atom. The summed E-state index contributed by atoms with van der Waals surface area (Å²) in [5.74, 6) is 0.629. The third-order valence-electron chi connectivity index (χ3n) is 5.26. The Bertz CT molecular complexity index is 611. The molecule has 3 rings (SSSR count). The monoisotopic (exact) mass is 344 g/mol. The van der Waals surface area contributed by atoms with Crippen LogP contribution in [0.4, 0.5) is 0 Å². The van der Waals surface area contributed by atoms with E-state index in [0.717, 1.165) is 30.6 Å². The topological polar surface area (TPSA) is 67.4 Å². The average Bonchev–Trinajstić information content (AvgIpc) is 3.44. The van der Waals surface area contributed by atoms with Gasteiger partial charge in [0.05, 0.1) is 18.9 Å². The Labute approximate surface area is 149 Å².